The number of rotatable bonds is 7. The normalized spacial score (nSPS) is 10.2. The fourth-order valence-corrected chi connectivity index (χ4v) is 2.55. The van der Waals surface area contributed by atoms with Gasteiger partial charge in [-0.05, 0) is 35.7 Å². The van der Waals surface area contributed by atoms with Crippen molar-refractivity contribution in [3.05, 3.63) is 58.6 Å². The SMILES string of the molecule is COc1cccc(CCC(=O)NCc2cccc(Cl)c2)c1OC. The Balaban J connectivity index is 1.89. The van der Waals surface area contributed by atoms with Gasteiger partial charge in [0.05, 0.1) is 14.2 Å². The summed E-state index contributed by atoms with van der Waals surface area (Å²) in [5.41, 5.74) is 1.93. The lowest BCUT2D eigenvalue weighted by Crippen LogP contribution is -2.23. The monoisotopic (exact) mass is 333 g/mol. The van der Waals surface area contributed by atoms with Crippen LogP contribution in [0.15, 0.2) is 42.5 Å². The Morgan fingerprint density at radius 3 is 2.61 bits per heavy atom. The van der Waals surface area contributed by atoms with Gasteiger partial charge in [-0.25, -0.2) is 0 Å². The number of halogens is 1. The highest BCUT2D eigenvalue weighted by Gasteiger charge is 2.11. The molecule has 0 atom stereocenters. The second-order valence-corrected chi connectivity index (χ2v) is 5.50. The van der Waals surface area contributed by atoms with Gasteiger partial charge in [0.2, 0.25) is 5.91 Å². The number of amides is 1. The molecule has 0 bridgehead atoms. The number of carbonyl (C=O) groups is 1. The molecule has 0 fully saturated rings. The van der Waals surface area contributed by atoms with Crippen LogP contribution in [0.1, 0.15) is 17.5 Å². The first-order valence-corrected chi connectivity index (χ1v) is 7.73. The summed E-state index contributed by atoms with van der Waals surface area (Å²) in [6.45, 7) is 0.467. The highest BCUT2D eigenvalue weighted by molar-refractivity contribution is 6.30. The third-order valence-corrected chi connectivity index (χ3v) is 3.72. The van der Waals surface area contributed by atoms with Crippen LogP contribution in [0, 0.1) is 0 Å². The largest absolute Gasteiger partial charge is 0.493 e. The molecule has 0 unspecified atom stereocenters. The fraction of sp³-hybridized carbons (Fsp3) is 0.278. The van der Waals surface area contributed by atoms with E-state index in [1.807, 2.05) is 42.5 Å². The summed E-state index contributed by atoms with van der Waals surface area (Å²) in [7, 11) is 3.19. The van der Waals surface area contributed by atoms with Crippen molar-refractivity contribution in [3.63, 3.8) is 0 Å². The lowest BCUT2D eigenvalue weighted by atomic mass is 10.1. The summed E-state index contributed by atoms with van der Waals surface area (Å²) in [6.07, 6.45) is 0.964. The van der Waals surface area contributed by atoms with Crippen LogP contribution in [0.4, 0.5) is 0 Å². The van der Waals surface area contributed by atoms with Crippen molar-refractivity contribution in [3.8, 4) is 11.5 Å². The van der Waals surface area contributed by atoms with Gasteiger partial charge in [-0.3, -0.25) is 4.79 Å². The molecule has 1 N–H and O–H groups in total. The van der Waals surface area contributed by atoms with E-state index in [1.165, 1.54) is 0 Å². The van der Waals surface area contributed by atoms with Crippen LogP contribution >= 0.6 is 11.6 Å². The number of nitrogens with one attached hydrogen (secondary N) is 1. The molecule has 0 spiro atoms. The van der Waals surface area contributed by atoms with Crippen molar-refractivity contribution in [1.82, 2.24) is 5.32 Å². The summed E-state index contributed by atoms with van der Waals surface area (Å²) in [6, 6.07) is 13.1. The van der Waals surface area contributed by atoms with Gasteiger partial charge in [-0.15, -0.1) is 0 Å². The van der Waals surface area contributed by atoms with Crippen molar-refractivity contribution < 1.29 is 14.3 Å². The van der Waals surface area contributed by atoms with E-state index in [1.54, 1.807) is 14.2 Å². The van der Waals surface area contributed by atoms with Gasteiger partial charge >= 0.3 is 0 Å². The molecular formula is C18H20ClNO3. The van der Waals surface area contributed by atoms with E-state index in [0.717, 1.165) is 11.1 Å². The Bertz CT molecular complexity index is 673. The fourth-order valence-electron chi connectivity index (χ4n) is 2.33. The van der Waals surface area contributed by atoms with Crippen molar-refractivity contribution in [2.45, 2.75) is 19.4 Å². The molecule has 0 heterocycles. The number of ether oxygens (including phenoxy) is 2. The lowest BCUT2D eigenvalue weighted by molar-refractivity contribution is -0.121. The molecular weight excluding hydrogens is 314 g/mol. The van der Waals surface area contributed by atoms with Gasteiger partial charge in [-0.1, -0.05) is 35.9 Å². The Hall–Kier alpha value is -2.20. The smallest absolute Gasteiger partial charge is 0.220 e. The Kier molecular flexibility index (Phi) is 6.29. The number of aryl methyl sites for hydroxylation is 1. The molecule has 2 rings (SSSR count). The quantitative estimate of drug-likeness (QED) is 0.842. The highest BCUT2D eigenvalue weighted by atomic mass is 35.5. The summed E-state index contributed by atoms with van der Waals surface area (Å²) >= 11 is 5.92. The highest BCUT2D eigenvalue weighted by Crippen LogP contribution is 2.31. The maximum atomic E-state index is 12.0. The van der Waals surface area contributed by atoms with E-state index in [9.17, 15) is 4.79 Å². The molecule has 0 aliphatic carbocycles. The summed E-state index contributed by atoms with van der Waals surface area (Å²) in [5, 5.41) is 3.56. The average molecular weight is 334 g/mol. The zero-order valence-corrected chi connectivity index (χ0v) is 14.0. The van der Waals surface area contributed by atoms with E-state index in [4.69, 9.17) is 21.1 Å². The molecule has 0 radical (unpaired) electrons. The van der Waals surface area contributed by atoms with E-state index in [-0.39, 0.29) is 5.91 Å². The minimum absolute atomic E-state index is 0.0187. The maximum absolute atomic E-state index is 12.0. The first-order valence-electron chi connectivity index (χ1n) is 7.35. The third-order valence-electron chi connectivity index (χ3n) is 3.48. The zero-order chi connectivity index (χ0) is 16.7. The van der Waals surface area contributed by atoms with Gasteiger partial charge in [0, 0.05) is 18.0 Å². The van der Waals surface area contributed by atoms with E-state index < -0.39 is 0 Å². The van der Waals surface area contributed by atoms with E-state index in [2.05, 4.69) is 5.32 Å². The number of hydrogen-bond donors (Lipinski definition) is 1. The van der Waals surface area contributed by atoms with Gasteiger partial charge < -0.3 is 14.8 Å². The maximum Gasteiger partial charge on any atom is 0.220 e. The molecule has 0 aromatic heterocycles. The summed E-state index contributed by atoms with van der Waals surface area (Å²) < 4.78 is 10.6. The molecule has 122 valence electrons. The average Bonchev–Trinajstić information content (AvgIpc) is 2.57. The lowest BCUT2D eigenvalue weighted by Gasteiger charge is -2.12. The van der Waals surface area contributed by atoms with Crippen LogP contribution in [0.3, 0.4) is 0 Å². The van der Waals surface area contributed by atoms with Crippen LogP contribution in [-0.2, 0) is 17.8 Å². The molecule has 2 aromatic carbocycles. The number of methoxy groups -OCH3 is 2. The molecule has 5 heteroatoms. The number of carbonyl (C=O) groups excluding carboxylic acids is 1. The molecule has 23 heavy (non-hydrogen) atoms. The Morgan fingerprint density at radius 2 is 1.91 bits per heavy atom. The summed E-state index contributed by atoms with van der Waals surface area (Å²) in [4.78, 5) is 12.0. The minimum atomic E-state index is -0.0187. The first kappa shape index (κ1) is 17.2. The molecule has 1 amide bonds. The van der Waals surface area contributed by atoms with Gasteiger partial charge in [0.25, 0.3) is 0 Å². The van der Waals surface area contributed by atoms with Gasteiger partial charge in [-0.2, -0.15) is 0 Å². The van der Waals surface area contributed by atoms with Crippen molar-refractivity contribution >= 4 is 17.5 Å². The first-order chi connectivity index (χ1) is 11.1. The van der Waals surface area contributed by atoms with Crippen LogP contribution in [0.2, 0.25) is 5.02 Å². The van der Waals surface area contributed by atoms with Crippen LogP contribution in [0.25, 0.3) is 0 Å². The number of para-hydroxylation sites is 1. The number of benzene rings is 2. The molecule has 0 saturated heterocycles. The predicted molar refractivity (Wildman–Crippen MR) is 91.2 cm³/mol. The third kappa shape index (κ3) is 4.89. The van der Waals surface area contributed by atoms with Gasteiger partial charge in [0.15, 0.2) is 11.5 Å². The molecule has 4 nitrogen and oxygen atoms in total. The van der Waals surface area contributed by atoms with Crippen LogP contribution in [-0.4, -0.2) is 20.1 Å². The Labute approximate surface area is 141 Å². The second-order valence-electron chi connectivity index (χ2n) is 5.06. The van der Waals surface area contributed by atoms with Gasteiger partial charge in [0.1, 0.15) is 0 Å². The standard InChI is InChI=1S/C18H20ClNO3/c1-22-16-8-4-6-14(18(16)23-2)9-10-17(21)20-12-13-5-3-7-15(19)11-13/h3-8,11H,9-10,12H2,1-2H3,(H,20,21). The van der Waals surface area contributed by atoms with Crippen LogP contribution in [0.5, 0.6) is 11.5 Å². The second kappa shape index (κ2) is 8.44. The minimum Gasteiger partial charge on any atom is -0.493 e. The Morgan fingerprint density at radius 1 is 1.13 bits per heavy atom. The van der Waals surface area contributed by atoms with E-state index >= 15 is 0 Å². The van der Waals surface area contributed by atoms with Crippen molar-refractivity contribution in [2.75, 3.05) is 14.2 Å². The van der Waals surface area contributed by atoms with Crippen LogP contribution < -0.4 is 14.8 Å². The van der Waals surface area contributed by atoms with Crippen molar-refractivity contribution in [1.29, 1.82) is 0 Å². The predicted octanol–water partition coefficient (Wildman–Crippen LogP) is 3.61. The molecule has 0 aliphatic heterocycles. The van der Waals surface area contributed by atoms with Crippen molar-refractivity contribution in [2.24, 2.45) is 0 Å². The number of hydrogen-bond acceptors (Lipinski definition) is 3. The molecule has 0 aliphatic rings. The summed E-state index contributed by atoms with van der Waals surface area (Å²) in [5.74, 6) is 1.33. The van der Waals surface area contributed by atoms with E-state index in [0.29, 0.717) is 35.9 Å². The molecule has 2 aromatic rings. The zero-order valence-electron chi connectivity index (χ0n) is 13.3. The topological polar surface area (TPSA) is 47.6 Å². The molecule has 0 saturated carbocycles.